The van der Waals surface area contributed by atoms with Crippen LogP contribution in [0.5, 0.6) is 0 Å². The molecular weight excluding hydrogens is 174 g/mol. The summed E-state index contributed by atoms with van der Waals surface area (Å²) in [5, 5.41) is 0. The average Bonchev–Trinajstić information content (AvgIpc) is 2.02. The Balaban J connectivity index is 3.28. The molecule has 1 nitrogen and oxygen atoms in total. The van der Waals surface area contributed by atoms with Gasteiger partial charge in [-0.25, -0.2) is 8.78 Å². The Morgan fingerprint density at radius 3 is 2.15 bits per heavy atom. The van der Waals surface area contributed by atoms with Crippen molar-refractivity contribution in [2.24, 2.45) is 0 Å². The predicted molar refractivity (Wildman–Crippen MR) is 45.6 cm³/mol. The maximum atomic E-state index is 13.1. The Labute approximate surface area is 75.4 Å². The van der Waals surface area contributed by atoms with Crippen LogP contribution in [0.2, 0.25) is 0 Å². The summed E-state index contributed by atoms with van der Waals surface area (Å²) in [6.07, 6.45) is 0.525. The van der Waals surface area contributed by atoms with Gasteiger partial charge in [-0.15, -0.1) is 0 Å². The van der Waals surface area contributed by atoms with Crippen LogP contribution in [0.3, 0.4) is 0 Å². The largest absolute Gasteiger partial charge is 0.303 e. The Hall–Kier alpha value is -1.25. The first-order chi connectivity index (χ1) is 6.06. The van der Waals surface area contributed by atoms with Crippen LogP contribution < -0.4 is 0 Å². The van der Waals surface area contributed by atoms with E-state index in [1.807, 2.05) is 0 Å². The van der Waals surface area contributed by atoms with Gasteiger partial charge in [0.25, 0.3) is 0 Å². The monoisotopic (exact) mass is 184 g/mol. The van der Waals surface area contributed by atoms with Gasteiger partial charge in [0.1, 0.15) is 17.9 Å². The van der Waals surface area contributed by atoms with Crippen LogP contribution in [-0.4, -0.2) is 6.29 Å². The van der Waals surface area contributed by atoms with Gasteiger partial charge in [-0.3, -0.25) is 0 Å². The minimum absolute atomic E-state index is 0.152. The van der Waals surface area contributed by atoms with Crippen LogP contribution in [-0.2, 0) is 4.79 Å². The lowest BCUT2D eigenvalue weighted by atomic mass is 10.00. The maximum absolute atomic E-state index is 13.1. The summed E-state index contributed by atoms with van der Waals surface area (Å²) in [5.74, 6) is -2.05. The van der Waals surface area contributed by atoms with Gasteiger partial charge in [-0.1, -0.05) is 6.92 Å². The van der Waals surface area contributed by atoms with Crippen molar-refractivity contribution in [3.63, 3.8) is 0 Å². The molecular formula is C10H10F2O. The zero-order valence-corrected chi connectivity index (χ0v) is 7.47. The van der Waals surface area contributed by atoms with Crippen molar-refractivity contribution in [2.45, 2.75) is 19.8 Å². The fourth-order valence-electron chi connectivity index (χ4n) is 1.21. The lowest BCUT2D eigenvalue weighted by Gasteiger charge is -2.07. The third kappa shape index (κ3) is 1.91. The number of benzene rings is 1. The molecule has 0 aromatic heterocycles. The predicted octanol–water partition coefficient (Wildman–Crippen LogP) is 2.58. The molecule has 1 atom stereocenters. The highest BCUT2D eigenvalue weighted by Crippen LogP contribution is 2.21. The van der Waals surface area contributed by atoms with Gasteiger partial charge in [0, 0.05) is 11.5 Å². The van der Waals surface area contributed by atoms with Crippen LogP contribution in [0.15, 0.2) is 12.1 Å². The van der Waals surface area contributed by atoms with Gasteiger partial charge >= 0.3 is 0 Å². The average molecular weight is 184 g/mol. The van der Waals surface area contributed by atoms with Crippen LogP contribution in [0, 0.1) is 18.6 Å². The van der Waals surface area contributed by atoms with Crippen molar-refractivity contribution in [1.82, 2.24) is 0 Å². The number of carbonyl (C=O) groups excluding carboxylic acids is 1. The van der Waals surface area contributed by atoms with E-state index in [1.54, 1.807) is 6.92 Å². The highest BCUT2D eigenvalue weighted by molar-refractivity contribution is 5.61. The van der Waals surface area contributed by atoms with Crippen LogP contribution in [0.4, 0.5) is 8.78 Å². The smallest absolute Gasteiger partial charge is 0.130 e. The zero-order chi connectivity index (χ0) is 10.0. The molecule has 0 N–H and O–H groups in total. The van der Waals surface area contributed by atoms with Gasteiger partial charge < -0.3 is 4.79 Å². The number of halogens is 2. The molecule has 0 aliphatic rings. The van der Waals surface area contributed by atoms with Crippen molar-refractivity contribution in [3.05, 3.63) is 34.9 Å². The van der Waals surface area contributed by atoms with Crippen LogP contribution in [0.25, 0.3) is 0 Å². The van der Waals surface area contributed by atoms with E-state index in [0.717, 1.165) is 0 Å². The van der Waals surface area contributed by atoms with E-state index in [2.05, 4.69) is 0 Å². The van der Waals surface area contributed by atoms with Gasteiger partial charge in [-0.05, 0) is 24.6 Å². The second-order valence-corrected chi connectivity index (χ2v) is 3.07. The molecule has 70 valence electrons. The molecule has 0 aliphatic heterocycles. The third-order valence-corrected chi connectivity index (χ3v) is 1.88. The molecule has 1 rings (SSSR count). The normalized spacial score (nSPS) is 12.6. The summed E-state index contributed by atoms with van der Waals surface area (Å²) < 4.78 is 26.3. The summed E-state index contributed by atoms with van der Waals surface area (Å²) in [6, 6.07) is 2.44. The molecule has 0 aliphatic carbocycles. The van der Waals surface area contributed by atoms with E-state index in [-0.39, 0.29) is 5.56 Å². The number of aldehydes is 1. The van der Waals surface area contributed by atoms with Crippen molar-refractivity contribution in [1.29, 1.82) is 0 Å². The molecule has 0 saturated carbocycles. The molecule has 0 spiro atoms. The molecule has 0 heterocycles. The first-order valence-corrected chi connectivity index (χ1v) is 3.97. The van der Waals surface area contributed by atoms with E-state index in [4.69, 9.17) is 0 Å². The fourth-order valence-corrected chi connectivity index (χ4v) is 1.21. The van der Waals surface area contributed by atoms with Crippen LogP contribution in [0.1, 0.15) is 24.0 Å². The minimum atomic E-state index is -0.736. The number of carbonyl (C=O) groups is 1. The van der Waals surface area contributed by atoms with Crippen LogP contribution >= 0.6 is 0 Å². The molecule has 1 aromatic carbocycles. The summed E-state index contributed by atoms with van der Waals surface area (Å²) in [5.41, 5.74) is 0.359. The Kier molecular flexibility index (Phi) is 2.76. The van der Waals surface area contributed by atoms with Crippen molar-refractivity contribution >= 4 is 6.29 Å². The molecule has 0 fully saturated rings. The van der Waals surface area contributed by atoms with E-state index >= 15 is 0 Å². The standard InChI is InChI=1S/C10H10F2O/c1-6-3-8(11)10(7(2)5-13)9(12)4-6/h3-5,7H,1-2H3. The first-order valence-electron chi connectivity index (χ1n) is 3.97. The molecule has 1 unspecified atom stereocenters. The Morgan fingerprint density at radius 1 is 1.31 bits per heavy atom. The topological polar surface area (TPSA) is 17.1 Å². The Morgan fingerprint density at radius 2 is 1.77 bits per heavy atom. The van der Waals surface area contributed by atoms with E-state index < -0.39 is 17.6 Å². The molecule has 0 bridgehead atoms. The first kappa shape index (κ1) is 9.84. The lowest BCUT2D eigenvalue weighted by molar-refractivity contribution is -0.108. The van der Waals surface area contributed by atoms with E-state index in [0.29, 0.717) is 11.8 Å². The number of hydrogen-bond acceptors (Lipinski definition) is 1. The maximum Gasteiger partial charge on any atom is 0.130 e. The summed E-state index contributed by atoms with van der Waals surface area (Å²) in [4.78, 5) is 10.4. The van der Waals surface area contributed by atoms with Crippen molar-refractivity contribution in [2.75, 3.05) is 0 Å². The quantitative estimate of drug-likeness (QED) is 0.645. The van der Waals surface area contributed by atoms with Gasteiger partial charge in [-0.2, -0.15) is 0 Å². The highest BCUT2D eigenvalue weighted by atomic mass is 19.1. The second-order valence-electron chi connectivity index (χ2n) is 3.07. The molecule has 0 radical (unpaired) electrons. The summed E-state index contributed by atoms with van der Waals surface area (Å²) >= 11 is 0. The minimum Gasteiger partial charge on any atom is -0.303 e. The van der Waals surface area contributed by atoms with Gasteiger partial charge in [0.2, 0.25) is 0 Å². The van der Waals surface area contributed by atoms with Gasteiger partial charge in [0.05, 0.1) is 0 Å². The molecule has 0 saturated heterocycles. The Bertz CT molecular complexity index is 311. The lowest BCUT2D eigenvalue weighted by Crippen LogP contribution is -2.02. The zero-order valence-electron chi connectivity index (χ0n) is 7.47. The van der Waals surface area contributed by atoms with Crippen molar-refractivity contribution < 1.29 is 13.6 Å². The molecule has 0 amide bonds. The highest BCUT2D eigenvalue weighted by Gasteiger charge is 2.15. The van der Waals surface area contributed by atoms with E-state index in [9.17, 15) is 13.6 Å². The van der Waals surface area contributed by atoms with Crippen molar-refractivity contribution in [3.8, 4) is 0 Å². The fraction of sp³-hybridized carbons (Fsp3) is 0.300. The molecule has 1 aromatic rings. The number of aryl methyl sites for hydroxylation is 1. The SMILES string of the molecule is Cc1cc(F)c(C(C)C=O)c(F)c1. The summed E-state index contributed by atoms with van der Waals surface area (Å²) in [7, 11) is 0. The summed E-state index contributed by atoms with van der Waals surface area (Å²) in [6.45, 7) is 3.06. The number of hydrogen-bond donors (Lipinski definition) is 0. The molecule has 13 heavy (non-hydrogen) atoms. The van der Waals surface area contributed by atoms with E-state index in [1.165, 1.54) is 19.1 Å². The van der Waals surface area contributed by atoms with Gasteiger partial charge in [0.15, 0.2) is 0 Å². The molecule has 3 heteroatoms. The number of rotatable bonds is 2. The third-order valence-electron chi connectivity index (χ3n) is 1.88. The second kappa shape index (κ2) is 3.64.